The summed E-state index contributed by atoms with van der Waals surface area (Å²) in [7, 11) is 1.95. The van der Waals surface area contributed by atoms with Crippen molar-refractivity contribution in [2.24, 2.45) is 7.05 Å². The predicted molar refractivity (Wildman–Crippen MR) is 83.4 cm³/mol. The normalized spacial score (nSPS) is 12.9. The molecule has 1 unspecified atom stereocenters. The molecule has 0 aromatic carbocycles. The molecule has 1 aromatic heterocycles. The van der Waals surface area contributed by atoms with Gasteiger partial charge in [-0.15, -0.1) is 0 Å². The number of unbranched alkanes of at least 4 members (excludes halogenated alkanes) is 4. The van der Waals surface area contributed by atoms with Crippen molar-refractivity contribution in [3.05, 3.63) is 15.9 Å². The van der Waals surface area contributed by atoms with E-state index in [0.29, 0.717) is 6.42 Å². The Labute approximate surface area is 125 Å². The van der Waals surface area contributed by atoms with Crippen molar-refractivity contribution in [2.75, 3.05) is 0 Å². The zero-order valence-corrected chi connectivity index (χ0v) is 14.0. The maximum Gasteiger partial charge on any atom is 0.0766 e. The van der Waals surface area contributed by atoms with Gasteiger partial charge in [0.1, 0.15) is 0 Å². The van der Waals surface area contributed by atoms with E-state index in [9.17, 15) is 5.11 Å². The van der Waals surface area contributed by atoms with Crippen molar-refractivity contribution in [1.29, 1.82) is 0 Å². The van der Waals surface area contributed by atoms with Crippen molar-refractivity contribution in [2.45, 2.75) is 71.3 Å². The van der Waals surface area contributed by atoms with Gasteiger partial charge in [0, 0.05) is 13.5 Å². The first-order valence-corrected chi connectivity index (χ1v) is 8.27. The zero-order valence-electron chi connectivity index (χ0n) is 12.5. The second kappa shape index (κ2) is 8.75. The van der Waals surface area contributed by atoms with Crippen molar-refractivity contribution < 1.29 is 5.11 Å². The topological polar surface area (TPSA) is 38.1 Å². The molecule has 3 nitrogen and oxygen atoms in total. The van der Waals surface area contributed by atoms with E-state index in [1.54, 1.807) is 0 Å². The number of hydrogen-bond donors (Lipinski definition) is 1. The van der Waals surface area contributed by atoms with E-state index in [1.807, 2.05) is 11.7 Å². The molecule has 1 N–H and O–H groups in total. The standard InChI is InChI=1S/C15H27BrN2O/c1-4-6-7-8-9-10-12(19)11-14-15(16)13(5-2)17-18(14)3/h12,19H,4-11H2,1-3H3. The molecule has 0 aliphatic rings. The predicted octanol–water partition coefficient (Wildman–Crippen LogP) is 4.01. The lowest BCUT2D eigenvalue weighted by molar-refractivity contribution is 0.158. The first kappa shape index (κ1) is 16.7. The molecule has 4 heteroatoms. The Kier molecular flexibility index (Phi) is 7.69. The van der Waals surface area contributed by atoms with Gasteiger partial charge in [-0.1, -0.05) is 46.0 Å². The lowest BCUT2D eigenvalue weighted by Crippen LogP contribution is -2.13. The highest BCUT2D eigenvalue weighted by Gasteiger charge is 2.15. The molecular weight excluding hydrogens is 304 g/mol. The highest BCUT2D eigenvalue weighted by atomic mass is 79.9. The van der Waals surface area contributed by atoms with Gasteiger partial charge in [0.25, 0.3) is 0 Å². The van der Waals surface area contributed by atoms with Gasteiger partial charge in [-0.25, -0.2) is 0 Å². The third kappa shape index (κ3) is 5.27. The van der Waals surface area contributed by atoms with Crippen LogP contribution < -0.4 is 0 Å². The quantitative estimate of drug-likeness (QED) is 0.694. The Morgan fingerprint density at radius 3 is 2.47 bits per heavy atom. The molecule has 19 heavy (non-hydrogen) atoms. The summed E-state index contributed by atoms with van der Waals surface area (Å²) < 4.78 is 2.96. The molecule has 1 heterocycles. The lowest BCUT2D eigenvalue weighted by Gasteiger charge is -2.11. The Hall–Kier alpha value is -0.350. The van der Waals surface area contributed by atoms with Crippen LogP contribution in [0.25, 0.3) is 0 Å². The Bertz CT molecular complexity index is 376. The third-order valence-electron chi connectivity index (χ3n) is 3.57. The molecular formula is C15H27BrN2O. The van der Waals surface area contributed by atoms with E-state index >= 15 is 0 Å². The van der Waals surface area contributed by atoms with Gasteiger partial charge in [-0.05, 0) is 28.8 Å². The molecule has 110 valence electrons. The fourth-order valence-electron chi connectivity index (χ4n) is 2.35. The summed E-state index contributed by atoms with van der Waals surface area (Å²) >= 11 is 3.60. The zero-order chi connectivity index (χ0) is 14.3. The summed E-state index contributed by atoms with van der Waals surface area (Å²) in [4.78, 5) is 0. The fourth-order valence-corrected chi connectivity index (χ4v) is 3.13. The summed E-state index contributed by atoms with van der Waals surface area (Å²) in [5, 5.41) is 14.6. The average molecular weight is 331 g/mol. The van der Waals surface area contributed by atoms with Crippen molar-refractivity contribution in [3.8, 4) is 0 Å². The van der Waals surface area contributed by atoms with Crippen LogP contribution in [-0.4, -0.2) is 21.0 Å². The number of aliphatic hydroxyl groups excluding tert-OH is 1. The number of halogens is 1. The largest absolute Gasteiger partial charge is 0.393 e. The SMILES string of the molecule is CCCCCCCC(O)Cc1c(Br)c(CC)nn1C. The molecule has 0 aliphatic carbocycles. The van der Waals surface area contributed by atoms with Crippen molar-refractivity contribution in [1.82, 2.24) is 9.78 Å². The number of aliphatic hydroxyl groups is 1. The van der Waals surface area contributed by atoms with Gasteiger partial charge < -0.3 is 5.11 Å². The lowest BCUT2D eigenvalue weighted by atomic mass is 10.0. The number of aromatic nitrogens is 2. The maximum atomic E-state index is 10.1. The van der Waals surface area contributed by atoms with E-state index in [0.717, 1.165) is 35.1 Å². The van der Waals surface area contributed by atoms with Gasteiger partial charge >= 0.3 is 0 Å². The molecule has 0 saturated heterocycles. The Balaban J connectivity index is 2.39. The van der Waals surface area contributed by atoms with Crippen LogP contribution in [-0.2, 0) is 19.9 Å². The first-order chi connectivity index (χ1) is 9.10. The van der Waals surface area contributed by atoms with Crippen molar-refractivity contribution >= 4 is 15.9 Å². The average Bonchev–Trinajstić information content (AvgIpc) is 2.66. The highest BCUT2D eigenvalue weighted by molar-refractivity contribution is 9.10. The minimum absolute atomic E-state index is 0.252. The van der Waals surface area contributed by atoms with E-state index in [4.69, 9.17) is 0 Å². The van der Waals surface area contributed by atoms with Crippen molar-refractivity contribution in [3.63, 3.8) is 0 Å². The molecule has 1 rings (SSSR count). The molecule has 0 amide bonds. The van der Waals surface area contributed by atoms with Crippen LogP contribution in [0.5, 0.6) is 0 Å². The van der Waals surface area contributed by atoms with E-state index < -0.39 is 0 Å². The minimum atomic E-state index is -0.252. The second-order valence-corrected chi connectivity index (χ2v) is 6.04. The number of hydrogen-bond acceptors (Lipinski definition) is 2. The van der Waals surface area contributed by atoms with Crippen LogP contribution in [0.1, 0.15) is 63.8 Å². The summed E-state index contributed by atoms with van der Waals surface area (Å²) in [6, 6.07) is 0. The van der Waals surface area contributed by atoms with Crippen LogP contribution in [0.3, 0.4) is 0 Å². The summed E-state index contributed by atoms with van der Waals surface area (Å²) in [5.41, 5.74) is 2.19. The van der Waals surface area contributed by atoms with Crippen LogP contribution in [0.4, 0.5) is 0 Å². The van der Waals surface area contributed by atoms with E-state index in [-0.39, 0.29) is 6.10 Å². The first-order valence-electron chi connectivity index (χ1n) is 7.48. The van der Waals surface area contributed by atoms with Gasteiger partial charge in [-0.2, -0.15) is 5.10 Å². The minimum Gasteiger partial charge on any atom is -0.393 e. The smallest absolute Gasteiger partial charge is 0.0766 e. The Morgan fingerprint density at radius 2 is 1.89 bits per heavy atom. The Morgan fingerprint density at radius 1 is 1.21 bits per heavy atom. The molecule has 1 aromatic rings. The monoisotopic (exact) mass is 330 g/mol. The van der Waals surface area contributed by atoms with E-state index in [1.165, 1.54) is 25.7 Å². The number of nitrogens with zero attached hydrogens (tertiary/aromatic N) is 2. The van der Waals surface area contributed by atoms with Gasteiger partial charge in [0.15, 0.2) is 0 Å². The van der Waals surface area contributed by atoms with Crippen LogP contribution in [0.15, 0.2) is 4.47 Å². The number of aryl methyl sites for hydroxylation is 2. The molecule has 0 radical (unpaired) electrons. The molecule has 0 fully saturated rings. The fraction of sp³-hybridized carbons (Fsp3) is 0.800. The molecule has 1 atom stereocenters. The molecule has 0 saturated carbocycles. The van der Waals surface area contributed by atoms with Gasteiger partial charge in [0.2, 0.25) is 0 Å². The number of rotatable bonds is 9. The molecule has 0 bridgehead atoms. The van der Waals surface area contributed by atoms with Gasteiger partial charge in [0.05, 0.1) is 22.0 Å². The summed E-state index contributed by atoms with van der Waals surface area (Å²) in [6.45, 7) is 4.32. The summed E-state index contributed by atoms with van der Waals surface area (Å²) in [5.74, 6) is 0. The molecule has 0 spiro atoms. The van der Waals surface area contributed by atoms with Crippen LogP contribution >= 0.6 is 15.9 Å². The third-order valence-corrected chi connectivity index (χ3v) is 4.49. The maximum absolute atomic E-state index is 10.1. The highest BCUT2D eigenvalue weighted by Crippen LogP contribution is 2.23. The second-order valence-electron chi connectivity index (χ2n) is 5.25. The summed E-state index contributed by atoms with van der Waals surface area (Å²) in [6.07, 6.45) is 8.47. The van der Waals surface area contributed by atoms with Crippen LogP contribution in [0.2, 0.25) is 0 Å². The van der Waals surface area contributed by atoms with Gasteiger partial charge in [-0.3, -0.25) is 4.68 Å². The van der Waals surface area contributed by atoms with E-state index in [2.05, 4.69) is 34.9 Å². The van der Waals surface area contributed by atoms with Crippen LogP contribution in [0, 0.1) is 0 Å². The molecule has 0 aliphatic heterocycles.